The third-order valence-electron chi connectivity index (χ3n) is 5.20. The van der Waals surface area contributed by atoms with Crippen molar-refractivity contribution in [2.45, 2.75) is 41.0 Å². The molecule has 4 N–H and O–H groups in total. The van der Waals surface area contributed by atoms with E-state index in [4.69, 9.17) is 10.5 Å². The van der Waals surface area contributed by atoms with E-state index < -0.39 is 6.09 Å². The average molecular weight is 436 g/mol. The average Bonchev–Trinajstić information content (AvgIpc) is 2.68. The molecule has 32 heavy (non-hydrogen) atoms. The summed E-state index contributed by atoms with van der Waals surface area (Å²) in [6, 6.07) is 6.38. The van der Waals surface area contributed by atoms with Crippen LogP contribution in [0.25, 0.3) is 0 Å². The first-order valence-corrected chi connectivity index (χ1v) is 10.6. The predicted octanol–water partition coefficient (Wildman–Crippen LogP) is 5.38. The number of primary amides is 1. The van der Waals surface area contributed by atoms with Gasteiger partial charge in [-0.3, -0.25) is 4.79 Å². The van der Waals surface area contributed by atoms with Crippen LogP contribution in [0.3, 0.4) is 0 Å². The maximum atomic E-state index is 12.2. The van der Waals surface area contributed by atoms with Crippen molar-refractivity contribution in [2.24, 2.45) is 11.1 Å². The normalized spacial score (nSPS) is 16.9. The minimum Gasteiger partial charge on any atom is -0.411 e. The summed E-state index contributed by atoms with van der Waals surface area (Å²) in [7, 11) is 0. The van der Waals surface area contributed by atoms with Crippen LogP contribution in [0.15, 0.2) is 83.1 Å². The van der Waals surface area contributed by atoms with Crippen molar-refractivity contribution in [3.8, 4) is 5.75 Å². The molecule has 0 aromatic heterocycles. The second-order valence-electron chi connectivity index (χ2n) is 8.53. The first-order chi connectivity index (χ1) is 15.1. The predicted molar refractivity (Wildman–Crippen MR) is 130 cm³/mol. The number of carbonyl (C=O) groups is 2. The molecule has 0 saturated heterocycles. The third-order valence-corrected chi connectivity index (χ3v) is 5.20. The monoisotopic (exact) mass is 435 g/mol. The molecule has 6 heteroatoms. The molecule has 0 radical (unpaired) electrons. The summed E-state index contributed by atoms with van der Waals surface area (Å²) in [5.74, 6) is 0.0712. The summed E-state index contributed by atoms with van der Waals surface area (Å²) < 4.78 is 4.76. The van der Waals surface area contributed by atoms with E-state index >= 15 is 0 Å². The molecule has 0 fully saturated rings. The molecule has 0 unspecified atom stereocenters. The van der Waals surface area contributed by atoms with Gasteiger partial charge >= 0.3 is 6.09 Å². The van der Waals surface area contributed by atoms with Crippen LogP contribution in [-0.2, 0) is 4.79 Å². The lowest BCUT2D eigenvalue weighted by atomic mass is 9.77. The number of nitrogens with two attached hydrogens (primary N) is 1. The largest absolute Gasteiger partial charge is 0.411 e. The molecule has 170 valence electrons. The van der Waals surface area contributed by atoms with Crippen molar-refractivity contribution >= 4 is 17.7 Å². The summed E-state index contributed by atoms with van der Waals surface area (Å²) in [5, 5.41) is 6.20. The Bertz CT molecular complexity index is 994. The SMILES string of the molecule is CC1=C(/C=C/C(C)=C/C=C/C(C)=C/C(=O)Nc2ccc(OC(N)=O)cc2)C(C)(C)CCN1. The summed E-state index contributed by atoms with van der Waals surface area (Å²) >= 11 is 0. The molecule has 2 rings (SSSR count). The van der Waals surface area contributed by atoms with E-state index in [-0.39, 0.29) is 11.3 Å². The number of hydrogen-bond donors (Lipinski definition) is 3. The molecule has 2 amide bonds. The minimum absolute atomic E-state index is 0.170. The zero-order chi connectivity index (χ0) is 23.7. The first-order valence-electron chi connectivity index (χ1n) is 10.6. The van der Waals surface area contributed by atoms with Crippen molar-refractivity contribution in [1.29, 1.82) is 0 Å². The Labute approximate surface area is 190 Å². The minimum atomic E-state index is -0.881. The van der Waals surface area contributed by atoms with E-state index in [1.165, 1.54) is 17.3 Å². The highest BCUT2D eigenvalue weighted by molar-refractivity contribution is 6.00. The van der Waals surface area contributed by atoms with Crippen molar-refractivity contribution in [3.63, 3.8) is 0 Å². The van der Waals surface area contributed by atoms with Crippen LogP contribution in [0.2, 0.25) is 0 Å². The number of ether oxygens (including phenoxy) is 1. The van der Waals surface area contributed by atoms with E-state index in [1.54, 1.807) is 24.3 Å². The van der Waals surface area contributed by atoms with Crippen LogP contribution in [-0.4, -0.2) is 18.5 Å². The van der Waals surface area contributed by atoms with Gasteiger partial charge in [-0.25, -0.2) is 4.79 Å². The molecule has 1 aliphatic rings. The number of allylic oxidation sites excluding steroid dienone is 9. The summed E-state index contributed by atoms with van der Waals surface area (Å²) in [4.78, 5) is 22.9. The topological polar surface area (TPSA) is 93.4 Å². The number of nitrogens with one attached hydrogen (secondary N) is 2. The highest BCUT2D eigenvalue weighted by Gasteiger charge is 2.26. The lowest BCUT2D eigenvalue weighted by molar-refractivity contribution is -0.111. The van der Waals surface area contributed by atoms with Gasteiger partial charge in [-0.05, 0) is 68.0 Å². The van der Waals surface area contributed by atoms with Gasteiger partial charge in [0.05, 0.1) is 0 Å². The molecule has 1 heterocycles. The molecule has 0 saturated carbocycles. The molecule has 1 aromatic rings. The molecule has 0 bridgehead atoms. The van der Waals surface area contributed by atoms with E-state index in [2.05, 4.69) is 50.5 Å². The Kier molecular flexibility index (Phi) is 8.64. The van der Waals surface area contributed by atoms with Crippen LogP contribution in [0, 0.1) is 5.41 Å². The van der Waals surface area contributed by atoms with Crippen molar-refractivity contribution in [3.05, 3.63) is 83.1 Å². The standard InChI is InChI=1S/C26H33N3O3/c1-18(9-14-23-20(3)28-16-15-26(23,4)5)7-6-8-19(2)17-24(30)29-21-10-12-22(13-11-21)32-25(27)31/h6-14,17,28H,15-16H2,1-5H3,(H2,27,31)(H,29,30)/b8-6+,14-9+,18-7+,19-17+. The fourth-order valence-corrected chi connectivity index (χ4v) is 3.43. The highest BCUT2D eigenvalue weighted by Crippen LogP contribution is 2.35. The Morgan fingerprint density at radius 1 is 1.12 bits per heavy atom. The fraction of sp³-hybridized carbons (Fsp3) is 0.308. The van der Waals surface area contributed by atoms with Gasteiger partial charge in [0.2, 0.25) is 5.91 Å². The number of benzene rings is 1. The molecule has 0 atom stereocenters. The molecule has 1 aliphatic heterocycles. The third kappa shape index (κ3) is 7.95. The van der Waals surface area contributed by atoms with Gasteiger partial charge in [0.15, 0.2) is 0 Å². The van der Waals surface area contributed by atoms with E-state index in [1.807, 2.05) is 25.2 Å². The Morgan fingerprint density at radius 2 is 1.81 bits per heavy atom. The molecule has 6 nitrogen and oxygen atoms in total. The van der Waals surface area contributed by atoms with Crippen LogP contribution < -0.4 is 21.1 Å². The van der Waals surface area contributed by atoms with Crippen molar-refractivity contribution in [2.75, 3.05) is 11.9 Å². The van der Waals surface area contributed by atoms with E-state index in [0.29, 0.717) is 11.4 Å². The van der Waals surface area contributed by atoms with Gasteiger partial charge in [0.25, 0.3) is 0 Å². The van der Waals surface area contributed by atoms with Gasteiger partial charge in [-0.1, -0.05) is 49.8 Å². The van der Waals surface area contributed by atoms with Gasteiger partial charge in [-0.15, -0.1) is 0 Å². The van der Waals surface area contributed by atoms with E-state index in [0.717, 1.165) is 24.1 Å². The summed E-state index contributed by atoms with van der Waals surface area (Å²) in [5.41, 5.74) is 10.2. The quantitative estimate of drug-likeness (QED) is 0.396. The zero-order valence-corrected chi connectivity index (χ0v) is 19.5. The molecule has 0 aliphatic carbocycles. The molecule has 1 aromatic carbocycles. The number of rotatable bonds is 7. The van der Waals surface area contributed by atoms with Gasteiger partial charge < -0.3 is 21.1 Å². The fourth-order valence-electron chi connectivity index (χ4n) is 3.43. The first kappa shape index (κ1) is 24.7. The Hall–Kier alpha value is -3.54. The number of carbonyl (C=O) groups excluding carboxylic acids is 2. The van der Waals surface area contributed by atoms with Crippen molar-refractivity contribution in [1.82, 2.24) is 5.32 Å². The van der Waals surface area contributed by atoms with Gasteiger partial charge in [0, 0.05) is 24.0 Å². The highest BCUT2D eigenvalue weighted by atomic mass is 16.5. The van der Waals surface area contributed by atoms with Crippen LogP contribution in [0.4, 0.5) is 10.5 Å². The number of anilines is 1. The van der Waals surface area contributed by atoms with Crippen molar-refractivity contribution < 1.29 is 14.3 Å². The number of hydrogen-bond acceptors (Lipinski definition) is 4. The summed E-state index contributed by atoms with van der Waals surface area (Å²) in [6.45, 7) is 11.6. The summed E-state index contributed by atoms with van der Waals surface area (Å²) in [6.07, 6.45) is 11.9. The Morgan fingerprint density at radius 3 is 2.44 bits per heavy atom. The lowest BCUT2D eigenvalue weighted by Gasteiger charge is -2.33. The smallest absolute Gasteiger partial charge is 0.409 e. The van der Waals surface area contributed by atoms with Gasteiger partial charge in [-0.2, -0.15) is 0 Å². The second kappa shape index (κ2) is 11.2. The van der Waals surface area contributed by atoms with Crippen LogP contribution in [0.1, 0.15) is 41.0 Å². The molecular formula is C26H33N3O3. The Balaban J connectivity index is 1.93. The zero-order valence-electron chi connectivity index (χ0n) is 19.5. The lowest BCUT2D eigenvalue weighted by Crippen LogP contribution is -2.31. The molecular weight excluding hydrogens is 402 g/mol. The number of amides is 2. The van der Waals surface area contributed by atoms with Crippen LogP contribution in [0.5, 0.6) is 5.75 Å². The van der Waals surface area contributed by atoms with Gasteiger partial charge in [0.1, 0.15) is 5.75 Å². The maximum Gasteiger partial charge on any atom is 0.409 e. The van der Waals surface area contributed by atoms with Crippen LogP contribution >= 0.6 is 0 Å². The second-order valence-corrected chi connectivity index (χ2v) is 8.53. The molecule has 0 spiro atoms. The van der Waals surface area contributed by atoms with E-state index in [9.17, 15) is 9.59 Å². The maximum absolute atomic E-state index is 12.2.